The van der Waals surface area contributed by atoms with E-state index in [4.69, 9.17) is 0 Å². The van der Waals surface area contributed by atoms with Crippen LogP contribution in [0.15, 0.2) is 206 Å². The van der Waals surface area contributed by atoms with Crippen molar-refractivity contribution < 1.29 is 9.13 Å². The first-order valence-corrected chi connectivity index (χ1v) is 34.7. The summed E-state index contributed by atoms with van der Waals surface area (Å²) < 4.78 is 32.1. The molecule has 354 valence electrons. The molecular formula is C64H58N2O2P2Si2. The molecule has 9 aromatic carbocycles. The van der Waals surface area contributed by atoms with Gasteiger partial charge in [-0.1, -0.05) is 199 Å². The van der Waals surface area contributed by atoms with Crippen LogP contribution in [0.1, 0.15) is 49.9 Å². The molecule has 13 rings (SSSR count). The zero-order chi connectivity index (χ0) is 49.7. The van der Waals surface area contributed by atoms with Crippen LogP contribution >= 0.6 is 14.3 Å². The first kappa shape index (κ1) is 45.3. The minimum atomic E-state index is -3.22. The Balaban J connectivity index is 1.04. The zero-order valence-corrected chi connectivity index (χ0v) is 46.0. The molecule has 0 N–H and O–H groups in total. The summed E-state index contributed by atoms with van der Waals surface area (Å²) in [7, 11) is -11.2. The number of anilines is 6. The standard InChI is InChI=1S/C64H58N2O2P2Si2/c1-63(2)47-27-15-19-31-55(47)69(67,45-23-11-9-12-24-45)57-37-35-43(39-49(57)63)65-51-29-17-21-33-59(51)71(5,6)61-42-54-62(41-53(61)65)72(7,8)60-34-22-18-30-52(60)66(54)44-36-38-58-50(40-44)64(3,4)48-28-16-20-32-56(48)70(58,68)46-25-13-10-14-26-46/h9-42H,1-8H3. The fourth-order valence-electron chi connectivity index (χ4n) is 13.3. The maximum absolute atomic E-state index is 16.1. The van der Waals surface area contributed by atoms with Crippen molar-refractivity contribution in [3.05, 3.63) is 229 Å². The molecule has 0 bridgehead atoms. The molecule has 0 spiro atoms. The lowest BCUT2D eigenvalue weighted by atomic mass is 9.77. The smallest absolute Gasteiger partial charge is 0.171 e. The van der Waals surface area contributed by atoms with Gasteiger partial charge in [0.25, 0.3) is 0 Å². The minimum absolute atomic E-state index is 0.411. The summed E-state index contributed by atoms with van der Waals surface area (Å²) in [5.74, 6) is 0. The summed E-state index contributed by atoms with van der Waals surface area (Å²) in [6, 6.07) is 73.9. The van der Waals surface area contributed by atoms with Gasteiger partial charge in [-0.3, -0.25) is 0 Å². The molecule has 0 fully saturated rings. The largest absolute Gasteiger partial charge is 0.311 e. The van der Waals surface area contributed by atoms with E-state index in [0.717, 1.165) is 65.5 Å². The van der Waals surface area contributed by atoms with E-state index >= 15 is 9.13 Å². The molecule has 0 saturated carbocycles. The highest BCUT2D eigenvalue weighted by atomic mass is 31.2. The van der Waals surface area contributed by atoms with Gasteiger partial charge >= 0.3 is 0 Å². The second kappa shape index (κ2) is 15.5. The van der Waals surface area contributed by atoms with Crippen LogP contribution in [0.2, 0.25) is 26.2 Å². The van der Waals surface area contributed by atoms with Crippen LogP contribution < -0.4 is 62.4 Å². The summed E-state index contributed by atoms with van der Waals surface area (Å²) in [5, 5.41) is 11.0. The van der Waals surface area contributed by atoms with Crippen LogP contribution in [0.4, 0.5) is 34.1 Å². The zero-order valence-electron chi connectivity index (χ0n) is 42.2. The van der Waals surface area contributed by atoms with E-state index < -0.39 is 41.3 Å². The predicted octanol–water partition coefficient (Wildman–Crippen LogP) is 11.5. The van der Waals surface area contributed by atoms with Gasteiger partial charge in [-0.25, -0.2) is 0 Å². The Bertz CT molecular complexity index is 3610. The van der Waals surface area contributed by atoms with Crippen LogP contribution in [0.5, 0.6) is 0 Å². The number of para-hydroxylation sites is 2. The number of rotatable bonds is 4. The average molecular weight is 1010 g/mol. The molecule has 8 heteroatoms. The monoisotopic (exact) mass is 1000 g/mol. The van der Waals surface area contributed by atoms with Crippen molar-refractivity contribution in [2.45, 2.75) is 64.7 Å². The molecule has 4 aliphatic rings. The molecule has 4 aliphatic heterocycles. The Morgan fingerprint density at radius 2 is 0.667 bits per heavy atom. The van der Waals surface area contributed by atoms with Gasteiger partial charge in [-0.05, 0) is 104 Å². The highest BCUT2D eigenvalue weighted by Gasteiger charge is 2.49. The minimum Gasteiger partial charge on any atom is -0.311 e. The SMILES string of the molecule is CC1(C)c2ccccc2P(=O)(c2ccccc2)c2ccc(N3c4ccccc4[Si](C)(C)c4cc5c(cc43)[Si](C)(C)c3ccccc3N5c3ccc4c(c3)C(C)(C)c3ccccc3P4(=O)c3ccccc3)cc21. The summed E-state index contributed by atoms with van der Waals surface area (Å²) in [6.07, 6.45) is 0. The number of benzene rings is 9. The highest BCUT2D eigenvalue weighted by molar-refractivity contribution is 7.86. The van der Waals surface area contributed by atoms with Crippen LogP contribution in [0.3, 0.4) is 0 Å². The van der Waals surface area contributed by atoms with Gasteiger partial charge in [0.2, 0.25) is 0 Å². The second-order valence-electron chi connectivity index (χ2n) is 22.4. The van der Waals surface area contributed by atoms with Gasteiger partial charge in [0, 0.05) is 76.8 Å². The lowest BCUT2D eigenvalue weighted by Gasteiger charge is -2.47. The Hall–Kier alpha value is -6.53. The molecular weight excluding hydrogens is 947 g/mol. The topological polar surface area (TPSA) is 40.6 Å². The summed E-state index contributed by atoms with van der Waals surface area (Å²) >= 11 is 0. The average Bonchev–Trinajstić information content (AvgIpc) is 3.40. The molecule has 0 amide bonds. The molecule has 4 nitrogen and oxygen atoms in total. The van der Waals surface area contributed by atoms with Gasteiger partial charge in [0.1, 0.15) is 16.1 Å². The van der Waals surface area contributed by atoms with Crippen LogP contribution in [-0.4, -0.2) is 16.1 Å². The third-order valence-corrected chi connectivity index (χ3v) is 30.5. The molecule has 0 radical (unpaired) electrons. The van der Waals surface area contributed by atoms with E-state index in [9.17, 15) is 0 Å². The first-order chi connectivity index (χ1) is 34.5. The number of hydrogen-bond donors (Lipinski definition) is 0. The van der Waals surface area contributed by atoms with Gasteiger partial charge in [-0.15, -0.1) is 0 Å². The van der Waals surface area contributed by atoms with Crippen LogP contribution in [0.25, 0.3) is 0 Å². The van der Waals surface area contributed by atoms with Crippen molar-refractivity contribution in [3.8, 4) is 0 Å². The van der Waals surface area contributed by atoms with Crippen molar-refractivity contribution in [2.24, 2.45) is 0 Å². The van der Waals surface area contributed by atoms with Gasteiger partial charge in [-0.2, -0.15) is 0 Å². The maximum atomic E-state index is 16.1. The fraction of sp³-hybridized carbons (Fsp3) is 0.156. The fourth-order valence-corrected chi connectivity index (χ4v) is 25.9. The third kappa shape index (κ3) is 5.98. The van der Waals surface area contributed by atoms with E-state index in [1.54, 1.807) is 0 Å². The first-order valence-electron chi connectivity index (χ1n) is 25.3. The molecule has 0 aromatic heterocycles. The summed E-state index contributed by atoms with van der Waals surface area (Å²) in [5.41, 5.74) is 10.7. The van der Waals surface area contributed by atoms with E-state index in [0.29, 0.717) is 0 Å². The Morgan fingerprint density at radius 3 is 1.07 bits per heavy atom. The van der Waals surface area contributed by atoms with Gasteiger partial charge in [0.05, 0.1) is 0 Å². The van der Waals surface area contributed by atoms with E-state index in [2.05, 4.69) is 197 Å². The van der Waals surface area contributed by atoms with Crippen molar-refractivity contribution in [1.29, 1.82) is 0 Å². The van der Waals surface area contributed by atoms with E-state index in [1.165, 1.54) is 43.5 Å². The lowest BCUT2D eigenvalue weighted by Crippen LogP contribution is -2.62. The number of hydrogen-bond acceptors (Lipinski definition) is 4. The van der Waals surface area contributed by atoms with Crippen molar-refractivity contribution in [3.63, 3.8) is 0 Å². The molecule has 0 aliphatic carbocycles. The second-order valence-corrected chi connectivity index (χ2v) is 36.5. The Morgan fingerprint density at radius 1 is 0.333 bits per heavy atom. The van der Waals surface area contributed by atoms with Crippen molar-refractivity contribution in [2.75, 3.05) is 9.80 Å². The summed E-state index contributed by atoms with van der Waals surface area (Å²) in [4.78, 5) is 5.06. The highest BCUT2D eigenvalue weighted by Crippen LogP contribution is 2.56. The Kier molecular flexibility index (Phi) is 9.76. The third-order valence-electron chi connectivity index (χ3n) is 17.2. The van der Waals surface area contributed by atoms with Gasteiger partial charge < -0.3 is 18.9 Å². The molecule has 4 heterocycles. The number of fused-ring (bicyclic) bond motifs is 8. The summed E-state index contributed by atoms with van der Waals surface area (Å²) in [6.45, 7) is 19.3. The molecule has 9 aromatic rings. The molecule has 2 unspecified atom stereocenters. The van der Waals surface area contributed by atoms with Gasteiger partial charge in [0.15, 0.2) is 14.3 Å². The maximum Gasteiger partial charge on any atom is 0.171 e. The van der Waals surface area contributed by atoms with E-state index in [1.807, 2.05) is 72.8 Å². The quantitative estimate of drug-likeness (QED) is 0.130. The number of nitrogens with zero attached hydrogens (tertiary/aromatic N) is 2. The van der Waals surface area contributed by atoms with Crippen LogP contribution in [0, 0.1) is 0 Å². The Labute approximate surface area is 426 Å². The lowest BCUT2D eigenvalue weighted by molar-refractivity contribution is 0.585. The molecule has 2 atom stereocenters. The van der Waals surface area contributed by atoms with E-state index in [-0.39, 0.29) is 0 Å². The molecule has 72 heavy (non-hydrogen) atoms. The van der Waals surface area contributed by atoms with Crippen LogP contribution in [-0.2, 0) is 20.0 Å². The predicted molar refractivity (Wildman–Crippen MR) is 312 cm³/mol. The van der Waals surface area contributed by atoms with Crippen molar-refractivity contribution in [1.82, 2.24) is 0 Å². The normalized spacial score (nSPS) is 20.8. The van der Waals surface area contributed by atoms with Crippen molar-refractivity contribution >= 4 is 117 Å². The molecule has 0 saturated heterocycles.